The molecule has 0 bridgehead atoms. The summed E-state index contributed by atoms with van der Waals surface area (Å²) in [5.41, 5.74) is 8.38. The van der Waals surface area contributed by atoms with Crippen LogP contribution in [0.25, 0.3) is 11.3 Å². The third kappa shape index (κ3) is 3.24. The van der Waals surface area contributed by atoms with Gasteiger partial charge in [-0.3, -0.25) is 0 Å². The van der Waals surface area contributed by atoms with Crippen molar-refractivity contribution in [2.24, 2.45) is 7.05 Å². The van der Waals surface area contributed by atoms with Gasteiger partial charge in [0.15, 0.2) is 6.20 Å². The van der Waals surface area contributed by atoms with Gasteiger partial charge in [0.1, 0.15) is 7.05 Å². The van der Waals surface area contributed by atoms with Crippen LogP contribution in [0.1, 0.15) is 62.8 Å². The minimum Gasteiger partial charge on any atom is -0.201 e. The molecule has 118 valence electrons. The maximum absolute atomic E-state index is 2.39. The fourth-order valence-corrected chi connectivity index (χ4v) is 3.15. The normalized spacial score (nSPS) is 12.0. The van der Waals surface area contributed by atoms with Crippen LogP contribution in [0.2, 0.25) is 0 Å². The number of aryl methyl sites for hydroxylation is 3. The van der Waals surface area contributed by atoms with E-state index in [1.54, 1.807) is 0 Å². The van der Waals surface area contributed by atoms with Crippen molar-refractivity contribution >= 4 is 0 Å². The molecule has 0 aliphatic rings. The summed E-state index contributed by atoms with van der Waals surface area (Å²) in [5.74, 6) is 0.549. The Bertz CT molecular complexity index is 688. The van der Waals surface area contributed by atoms with Crippen molar-refractivity contribution in [1.29, 1.82) is 0 Å². The molecule has 0 aliphatic carbocycles. The van der Waals surface area contributed by atoms with E-state index in [0.717, 1.165) is 0 Å². The van der Waals surface area contributed by atoms with Crippen molar-refractivity contribution in [1.82, 2.24) is 0 Å². The SMILES string of the molecule is Cc1cc(C)c(C(C)(C)C)cc1-c1cc(C(C)C)cc[n+]1C. The monoisotopic (exact) mass is 296 g/mol. The third-order valence-electron chi connectivity index (χ3n) is 4.50. The second-order valence-corrected chi connectivity index (χ2v) is 7.84. The minimum absolute atomic E-state index is 0.167. The van der Waals surface area contributed by atoms with Crippen molar-refractivity contribution in [3.63, 3.8) is 0 Å². The van der Waals surface area contributed by atoms with E-state index in [-0.39, 0.29) is 5.41 Å². The first-order chi connectivity index (χ1) is 10.1. The van der Waals surface area contributed by atoms with Crippen LogP contribution in [0, 0.1) is 13.8 Å². The third-order valence-corrected chi connectivity index (χ3v) is 4.50. The Hall–Kier alpha value is -1.63. The molecule has 1 heterocycles. The summed E-state index contributed by atoms with van der Waals surface area (Å²) < 4.78 is 2.23. The highest BCUT2D eigenvalue weighted by molar-refractivity contribution is 5.64. The Morgan fingerprint density at radius 3 is 2.14 bits per heavy atom. The van der Waals surface area contributed by atoms with Gasteiger partial charge in [-0.05, 0) is 53.5 Å². The van der Waals surface area contributed by atoms with Crippen LogP contribution in [0.4, 0.5) is 0 Å². The zero-order chi connectivity index (χ0) is 16.7. The molecule has 2 rings (SSSR count). The number of nitrogens with zero attached hydrogens (tertiary/aromatic N) is 1. The fraction of sp³-hybridized carbons (Fsp3) is 0.476. The molecular formula is C21H30N+. The highest BCUT2D eigenvalue weighted by atomic mass is 14.9. The van der Waals surface area contributed by atoms with Gasteiger partial charge in [-0.15, -0.1) is 0 Å². The molecular weight excluding hydrogens is 266 g/mol. The van der Waals surface area contributed by atoms with E-state index in [9.17, 15) is 0 Å². The molecule has 1 heteroatoms. The Labute approximate surface area is 136 Å². The lowest BCUT2D eigenvalue weighted by Crippen LogP contribution is -2.31. The molecule has 1 aromatic heterocycles. The Morgan fingerprint density at radius 2 is 1.59 bits per heavy atom. The molecule has 0 amide bonds. The molecule has 0 aliphatic heterocycles. The van der Waals surface area contributed by atoms with Crippen LogP contribution in [-0.4, -0.2) is 0 Å². The van der Waals surface area contributed by atoms with E-state index in [2.05, 4.69) is 90.5 Å². The second kappa shape index (κ2) is 5.87. The van der Waals surface area contributed by atoms with Gasteiger partial charge in [0.05, 0.1) is 0 Å². The molecule has 0 atom stereocenters. The van der Waals surface area contributed by atoms with E-state index in [0.29, 0.717) is 5.92 Å². The molecule has 2 aromatic rings. The summed E-state index contributed by atoms with van der Waals surface area (Å²) in [6.07, 6.45) is 2.18. The predicted octanol–water partition coefficient (Wildman–Crippen LogP) is 5.22. The predicted molar refractivity (Wildman–Crippen MR) is 95.3 cm³/mol. The first kappa shape index (κ1) is 16.7. The number of aromatic nitrogens is 1. The zero-order valence-electron chi connectivity index (χ0n) is 15.4. The van der Waals surface area contributed by atoms with E-state index < -0.39 is 0 Å². The Balaban J connectivity index is 2.70. The lowest BCUT2D eigenvalue weighted by atomic mass is 9.81. The number of rotatable bonds is 2. The summed E-state index contributed by atoms with van der Waals surface area (Å²) in [6, 6.07) is 9.29. The van der Waals surface area contributed by atoms with Gasteiger partial charge < -0.3 is 0 Å². The van der Waals surface area contributed by atoms with E-state index in [4.69, 9.17) is 0 Å². The number of hydrogen-bond acceptors (Lipinski definition) is 0. The first-order valence-electron chi connectivity index (χ1n) is 8.23. The van der Waals surface area contributed by atoms with Crippen molar-refractivity contribution in [3.8, 4) is 11.3 Å². The molecule has 0 fully saturated rings. The molecule has 0 radical (unpaired) electrons. The molecule has 1 nitrogen and oxygen atoms in total. The molecule has 0 unspecified atom stereocenters. The lowest BCUT2D eigenvalue weighted by molar-refractivity contribution is -0.660. The van der Waals surface area contributed by atoms with Crippen molar-refractivity contribution in [2.45, 2.75) is 59.8 Å². The topological polar surface area (TPSA) is 3.88 Å². The number of benzene rings is 1. The fourth-order valence-electron chi connectivity index (χ4n) is 3.15. The summed E-state index contributed by atoms with van der Waals surface area (Å²) in [4.78, 5) is 0. The summed E-state index contributed by atoms with van der Waals surface area (Å²) in [6.45, 7) is 15.8. The summed E-state index contributed by atoms with van der Waals surface area (Å²) in [7, 11) is 2.13. The van der Waals surface area contributed by atoms with Gasteiger partial charge in [0.25, 0.3) is 0 Å². The molecule has 0 spiro atoms. The molecule has 1 aromatic carbocycles. The van der Waals surface area contributed by atoms with Gasteiger partial charge in [0.2, 0.25) is 5.69 Å². The lowest BCUT2D eigenvalue weighted by Gasteiger charge is -2.23. The standard InChI is InChI=1S/C21H30N/c1-14(2)17-9-10-22(8)20(12-17)18-13-19(21(5,6)7)16(4)11-15(18)3/h9-14H,1-8H3/q+1. The van der Waals surface area contributed by atoms with Crippen LogP contribution in [0.15, 0.2) is 30.5 Å². The van der Waals surface area contributed by atoms with Gasteiger partial charge in [-0.2, -0.15) is 0 Å². The van der Waals surface area contributed by atoms with E-state index >= 15 is 0 Å². The van der Waals surface area contributed by atoms with Gasteiger partial charge in [-0.25, -0.2) is 4.57 Å². The van der Waals surface area contributed by atoms with Gasteiger partial charge in [-0.1, -0.05) is 40.7 Å². The zero-order valence-corrected chi connectivity index (χ0v) is 15.4. The molecule has 0 saturated heterocycles. The van der Waals surface area contributed by atoms with Crippen molar-refractivity contribution in [2.75, 3.05) is 0 Å². The molecule has 0 N–H and O–H groups in total. The number of pyridine rings is 1. The molecule has 22 heavy (non-hydrogen) atoms. The van der Waals surface area contributed by atoms with Crippen LogP contribution < -0.4 is 4.57 Å². The summed E-state index contributed by atoms with van der Waals surface area (Å²) in [5, 5.41) is 0. The average molecular weight is 296 g/mol. The van der Waals surface area contributed by atoms with Crippen molar-refractivity contribution in [3.05, 3.63) is 52.7 Å². The van der Waals surface area contributed by atoms with Gasteiger partial charge >= 0.3 is 0 Å². The first-order valence-corrected chi connectivity index (χ1v) is 8.23. The minimum atomic E-state index is 0.167. The smallest absolute Gasteiger partial charge is 0.201 e. The largest absolute Gasteiger partial charge is 0.212 e. The van der Waals surface area contributed by atoms with Crippen LogP contribution in [0.3, 0.4) is 0 Å². The van der Waals surface area contributed by atoms with Crippen LogP contribution in [-0.2, 0) is 12.5 Å². The van der Waals surface area contributed by atoms with E-state index in [1.807, 2.05) is 0 Å². The van der Waals surface area contributed by atoms with Gasteiger partial charge in [0, 0.05) is 17.7 Å². The summed E-state index contributed by atoms with van der Waals surface area (Å²) >= 11 is 0. The molecule has 0 saturated carbocycles. The van der Waals surface area contributed by atoms with Crippen molar-refractivity contribution < 1.29 is 4.57 Å². The highest BCUT2D eigenvalue weighted by Gasteiger charge is 2.21. The highest BCUT2D eigenvalue weighted by Crippen LogP contribution is 2.32. The Morgan fingerprint density at radius 1 is 0.955 bits per heavy atom. The second-order valence-electron chi connectivity index (χ2n) is 7.84. The maximum atomic E-state index is 2.39. The average Bonchev–Trinajstić information content (AvgIpc) is 2.38. The quantitative estimate of drug-likeness (QED) is 0.669. The van der Waals surface area contributed by atoms with Crippen LogP contribution >= 0.6 is 0 Å². The number of hydrogen-bond donors (Lipinski definition) is 0. The van der Waals surface area contributed by atoms with Crippen LogP contribution in [0.5, 0.6) is 0 Å². The van der Waals surface area contributed by atoms with E-state index in [1.165, 1.54) is 33.5 Å². The Kier molecular flexibility index (Phi) is 4.47. The maximum Gasteiger partial charge on any atom is 0.212 e.